The fourth-order valence-corrected chi connectivity index (χ4v) is 2.06. The first-order valence-electron chi connectivity index (χ1n) is 5.75. The molecule has 1 aromatic heterocycles. The van der Waals surface area contributed by atoms with Gasteiger partial charge in [0.05, 0.1) is 11.7 Å². The van der Waals surface area contributed by atoms with E-state index < -0.39 is 5.82 Å². The van der Waals surface area contributed by atoms with Gasteiger partial charge in [0.2, 0.25) is 0 Å². The molecule has 20 heavy (non-hydrogen) atoms. The number of aromatic nitrogens is 1. The van der Waals surface area contributed by atoms with Crippen molar-refractivity contribution in [1.29, 1.82) is 0 Å². The molecule has 0 aliphatic rings. The van der Waals surface area contributed by atoms with Gasteiger partial charge in [-0.3, -0.25) is 9.78 Å². The molecule has 0 aliphatic carbocycles. The highest BCUT2D eigenvalue weighted by molar-refractivity contribution is 7.11. The predicted molar refractivity (Wildman–Crippen MR) is 73.6 cm³/mol. The summed E-state index contributed by atoms with van der Waals surface area (Å²) in [5.41, 5.74) is 2.48. The number of aliphatic hydroxyl groups excluding tert-OH is 1. The molecular formula is C14H11FN2O2S. The molecule has 2 aromatic rings. The molecule has 0 aliphatic heterocycles. The van der Waals surface area contributed by atoms with Gasteiger partial charge in [-0.15, -0.1) is 11.3 Å². The number of nitrogens with zero attached hydrogens (tertiary/aromatic N) is 1. The molecule has 0 saturated heterocycles. The highest BCUT2D eigenvalue weighted by Crippen LogP contribution is 2.11. The van der Waals surface area contributed by atoms with Crippen molar-refractivity contribution in [3.8, 4) is 11.8 Å². The van der Waals surface area contributed by atoms with E-state index >= 15 is 0 Å². The number of carbonyl (C=O) groups is 1. The second-order valence-corrected chi connectivity index (χ2v) is 4.70. The molecule has 0 saturated carbocycles. The summed E-state index contributed by atoms with van der Waals surface area (Å²) in [7, 11) is 0. The minimum absolute atomic E-state index is 0.0667. The van der Waals surface area contributed by atoms with Crippen molar-refractivity contribution in [2.24, 2.45) is 0 Å². The molecule has 0 bridgehead atoms. The Hall–Kier alpha value is -2.23. The van der Waals surface area contributed by atoms with E-state index in [1.165, 1.54) is 29.7 Å². The van der Waals surface area contributed by atoms with Crippen molar-refractivity contribution in [2.75, 3.05) is 6.61 Å². The van der Waals surface area contributed by atoms with E-state index in [0.717, 1.165) is 0 Å². The van der Waals surface area contributed by atoms with Crippen LogP contribution in [0.5, 0.6) is 0 Å². The summed E-state index contributed by atoms with van der Waals surface area (Å²) >= 11 is 1.22. The highest BCUT2D eigenvalue weighted by atomic mass is 32.1. The number of amides is 1. The first-order chi connectivity index (χ1) is 9.70. The van der Waals surface area contributed by atoms with Crippen molar-refractivity contribution < 1.29 is 14.3 Å². The number of thiazole rings is 1. The molecular weight excluding hydrogens is 279 g/mol. The largest absolute Gasteiger partial charge is 0.384 e. The third kappa shape index (κ3) is 3.63. The second-order valence-electron chi connectivity index (χ2n) is 3.81. The zero-order valence-electron chi connectivity index (χ0n) is 10.4. The number of hydrogen-bond donors (Lipinski definition) is 2. The van der Waals surface area contributed by atoms with Gasteiger partial charge in [0.25, 0.3) is 5.91 Å². The maximum Gasteiger partial charge on any atom is 0.263 e. The Balaban J connectivity index is 2.07. The van der Waals surface area contributed by atoms with E-state index in [2.05, 4.69) is 22.1 Å². The molecule has 102 valence electrons. The summed E-state index contributed by atoms with van der Waals surface area (Å²) in [5, 5.41) is 11.2. The van der Waals surface area contributed by atoms with E-state index in [9.17, 15) is 9.18 Å². The van der Waals surface area contributed by atoms with Crippen LogP contribution in [0.15, 0.2) is 29.9 Å². The number of carbonyl (C=O) groups excluding carboxylic acids is 1. The topological polar surface area (TPSA) is 62.2 Å². The molecule has 0 atom stereocenters. The molecule has 4 nitrogen and oxygen atoms in total. The highest BCUT2D eigenvalue weighted by Gasteiger charge is 2.09. The summed E-state index contributed by atoms with van der Waals surface area (Å²) in [6.07, 6.45) is 1.46. The van der Waals surface area contributed by atoms with Gasteiger partial charge >= 0.3 is 0 Å². The minimum atomic E-state index is -0.413. The Morgan fingerprint density at radius 1 is 1.50 bits per heavy atom. The van der Waals surface area contributed by atoms with E-state index in [1.54, 1.807) is 11.6 Å². The average Bonchev–Trinajstić information content (AvgIpc) is 2.99. The summed E-state index contributed by atoms with van der Waals surface area (Å²) in [6, 6.07) is 4.35. The van der Waals surface area contributed by atoms with Crippen LogP contribution in [0.25, 0.3) is 0 Å². The second kappa shape index (κ2) is 6.80. The monoisotopic (exact) mass is 290 g/mol. The molecule has 2 N–H and O–H groups in total. The molecule has 0 radical (unpaired) electrons. The van der Waals surface area contributed by atoms with E-state index in [0.29, 0.717) is 16.0 Å². The first-order valence-corrected chi connectivity index (χ1v) is 6.63. The fourth-order valence-electron chi connectivity index (χ4n) is 1.52. The molecule has 1 heterocycles. The normalized spacial score (nSPS) is 9.70. The third-order valence-corrected chi connectivity index (χ3v) is 3.22. The maximum absolute atomic E-state index is 13.6. The van der Waals surface area contributed by atoms with Crippen LogP contribution < -0.4 is 5.32 Å². The summed E-state index contributed by atoms with van der Waals surface area (Å²) < 4.78 is 13.6. The first kappa shape index (κ1) is 14.2. The fraction of sp³-hybridized carbons (Fsp3) is 0.143. The average molecular weight is 290 g/mol. The number of halogens is 1. The van der Waals surface area contributed by atoms with Crippen LogP contribution in [0.2, 0.25) is 0 Å². The van der Waals surface area contributed by atoms with Crippen molar-refractivity contribution in [3.05, 3.63) is 51.7 Å². The number of nitrogens with one attached hydrogen (secondary N) is 1. The van der Waals surface area contributed by atoms with Gasteiger partial charge in [-0.1, -0.05) is 11.8 Å². The standard InChI is InChI=1S/C14H11FN2O2S/c15-12-4-3-10(2-1-5-18)6-11(12)7-17-14(19)13-8-16-9-20-13/h3-4,6,8-9,18H,5,7H2,(H,17,19). The van der Waals surface area contributed by atoms with Crippen molar-refractivity contribution in [1.82, 2.24) is 10.3 Å². The van der Waals surface area contributed by atoms with E-state index in [1.807, 2.05) is 0 Å². The Labute approximate surface area is 119 Å². The third-order valence-electron chi connectivity index (χ3n) is 2.45. The number of aliphatic hydroxyl groups is 1. The van der Waals surface area contributed by atoms with E-state index in [4.69, 9.17) is 5.11 Å². The summed E-state index contributed by atoms with van der Waals surface area (Å²) in [6.45, 7) is -0.188. The Bertz CT molecular complexity index is 660. The maximum atomic E-state index is 13.6. The van der Waals surface area contributed by atoms with Crippen LogP contribution in [-0.4, -0.2) is 22.6 Å². The van der Waals surface area contributed by atoms with Crippen LogP contribution in [-0.2, 0) is 6.54 Å². The van der Waals surface area contributed by atoms with Gasteiger partial charge in [-0.25, -0.2) is 4.39 Å². The zero-order valence-corrected chi connectivity index (χ0v) is 11.2. The zero-order chi connectivity index (χ0) is 14.4. The molecule has 1 aromatic carbocycles. The van der Waals surface area contributed by atoms with Crippen LogP contribution >= 0.6 is 11.3 Å². The van der Waals surface area contributed by atoms with Crippen molar-refractivity contribution in [3.63, 3.8) is 0 Å². The number of benzene rings is 1. The van der Waals surface area contributed by atoms with Gasteiger partial charge in [0.1, 0.15) is 17.3 Å². The van der Waals surface area contributed by atoms with Gasteiger partial charge in [-0.05, 0) is 18.2 Å². The summed E-state index contributed by atoms with van der Waals surface area (Å²) in [4.78, 5) is 16.0. The SMILES string of the molecule is O=C(NCc1cc(C#CCO)ccc1F)c1cncs1. The molecule has 0 unspecified atom stereocenters. The quantitative estimate of drug-likeness (QED) is 0.843. The molecule has 0 spiro atoms. The lowest BCUT2D eigenvalue weighted by Crippen LogP contribution is -2.22. The lowest BCUT2D eigenvalue weighted by molar-refractivity contribution is 0.0954. The van der Waals surface area contributed by atoms with Crippen molar-refractivity contribution in [2.45, 2.75) is 6.54 Å². The van der Waals surface area contributed by atoms with Crippen LogP contribution in [0.4, 0.5) is 4.39 Å². The number of rotatable bonds is 3. The van der Waals surface area contributed by atoms with Crippen LogP contribution in [0, 0.1) is 17.7 Å². The Morgan fingerprint density at radius 3 is 3.05 bits per heavy atom. The summed E-state index contributed by atoms with van der Waals surface area (Å²) in [5.74, 6) is 4.47. The molecule has 2 rings (SSSR count). The van der Waals surface area contributed by atoms with Gasteiger partial charge in [0, 0.05) is 17.7 Å². The van der Waals surface area contributed by atoms with Crippen LogP contribution in [0.3, 0.4) is 0 Å². The van der Waals surface area contributed by atoms with Gasteiger partial charge < -0.3 is 10.4 Å². The Morgan fingerprint density at radius 2 is 2.35 bits per heavy atom. The lowest BCUT2D eigenvalue weighted by Gasteiger charge is -2.05. The van der Waals surface area contributed by atoms with E-state index in [-0.39, 0.29) is 19.1 Å². The van der Waals surface area contributed by atoms with Crippen molar-refractivity contribution >= 4 is 17.2 Å². The molecule has 6 heteroatoms. The minimum Gasteiger partial charge on any atom is -0.384 e. The molecule has 1 amide bonds. The smallest absolute Gasteiger partial charge is 0.263 e. The predicted octanol–water partition coefficient (Wildman–Crippen LogP) is 1.56. The van der Waals surface area contributed by atoms with Gasteiger partial charge in [0.15, 0.2) is 0 Å². The number of hydrogen-bond acceptors (Lipinski definition) is 4. The lowest BCUT2D eigenvalue weighted by atomic mass is 10.1. The molecule has 0 fully saturated rings. The van der Waals surface area contributed by atoms with Crippen LogP contribution in [0.1, 0.15) is 20.8 Å². The Kier molecular flexibility index (Phi) is 4.82. The van der Waals surface area contributed by atoms with Gasteiger partial charge in [-0.2, -0.15) is 0 Å².